The van der Waals surface area contributed by atoms with Crippen LogP contribution in [0.2, 0.25) is 0 Å². The van der Waals surface area contributed by atoms with Gasteiger partial charge in [0, 0.05) is 30.3 Å². The quantitative estimate of drug-likeness (QED) is 0.0801. The lowest BCUT2D eigenvalue weighted by Crippen LogP contribution is -2.62. The number of hydrogen-bond donors (Lipinski definition) is 5. The molecule has 1 aliphatic rings. The normalized spacial score (nSPS) is 19.5. The lowest BCUT2D eigenvalue weighted by molar-refractivity contribution is -0.142. The summed E-state index contributed by atoms with van der Waals surface area (Å²) in [7, 11) is 0. The van der Waals surface area contributed by atoms with Crippen molar-refractivity contribution < 1.29 is 24.3 Å². The third-order valence-electron chi connectivity index (χ3n) is 10.7. The number of aliphatic hydroxyl groups is 1. The standard InChI is InChI=1S/C40H67N5O7/c1-13-17-27(32(47)36(50)41-21-14-2)42-35(49)30-26(23(4)5)20-22-45(30)37(51)34(40(10,11)12)44-38(52)43-28(39(7,8)9)19-16-18-25(15-3)29-24(6)31(46)33(29)48/h14,23,25-28,30,34-35,42,49H,2,13,15-22H2,1,3-12H3,(H,41,50)(H2,43,44,52)/t25?,26-,27?,28-,30+,34-,35?/m1/s1. The summed E-state index contributed by atoms with van der Waals surface area (Å²) in [5.74, 6) is -1.79. The SMILES string of the molecule is C=CCNC(=O)C(=O)C(CCC)NC(O)[C@@H]1[C@@H](C(C)C)CCN1C(=O)[C@@H](NC(=O)N[C@H](CCCC(CC)c1c(C)c(=O)c1=O)C(C)(C)C)C(C)(C)C. The summed E-state index contributed by atoms with van der Waals surface area (Å²) in [6.07, 6.45) is 4.55. The average Bonchev–Trinajstić information content (AvgIpc) is 3.52. The highest BCUT2D eigenvalue weighted by Gasteiger charge is 2.47. The molecule has 0 radical (unpaired) electrons. The van der Waals surface area contributed by atoms with Gasteiger partial charge in [-0.3, -0.25) is 29.3 Å². The molecule has 1 aliphatic heterocycles. The summed E-state index contributed by atoms with van der Waals surface area (Å²) < 4.78 is 0. The molecular weight excluding hydrogens is 662 g/mol. The fourth-order valence-electron chi connectivity index (χ4n) is 7.52. The lowest BCUT2D eigenvalue weighted by Gasteiger charge is -2.40. The minimum atomic E-state index is -1.30. The van der Waals surface area contributed by atoms with Crippen LogP contribution in [0.3, 0.4) is 0 Å². The molecule has 3 unspecified atom stereocenters. The van der Waals surface area contributed by atoms with Crippen molar-refractivity contribution >= 4 is 23.6 Å². The maximum absolute atomic E-state index is 14.5. The van der Waals surface area contributed by atoms with Gasteiger partial charge in [-0.25, -0.2) is 4.79 Å². The van der Waals surface area contributed by atoms with Crippen molar-refractivity contribution in [2.24, 2.45) is 22.7 Å². The van der Waals surface area contributed by atoms with Gasteiger partial charge in [0.2, 0.25) is 22.5 Å². The number of amides is 4. The van der Waals surface area contributed by atoms with Crippen LogP contribution in [0.4, 0.5) is 4.79 Å². The van der Waals surface area contributed by atoms with Crippen LogP contribution >= 0.6 is 0 Å². The molecule has 294 valence electrons. The second-order valence-electron chi connectivity index (χ2n) is 17.1. The molecule has 12 nitrogen and oxygen atoms in total. The number of carbonyl (C=O) groups is 4. The first-order valence-corrected chi connectivity index (χ1v) is 19.2. The van der Waals surface area contributed by atoms with Crippen LogP contribution in [-0.4, -0.2) is 77.1 Å². The van der Waals surface area contributed by atoms with Crippen molar-refractivity contribution in [2.45, 2.75) is 157 Å². The Morgan fingerprint density at radius 3 is 2.10 bits per heavy atom. The summed E-state index contributed by atoms with van der Waals surface area (Å²) in [6, 6.07) is -3.31. The first-order chi connectivity index (χ1) is 24.1. The third-order valence-corrected chi connectivity index (χ3v) is 10.7. The maximum Gasteiger partial charge on any atom is 0.315 e. The predicted octanol–water partition coefficient (Wildman–Crippen LogP) is 4.20. The lowest BCUT2D eigenvalue weighted by atomic mass is 9.80. The number of carbonyl (C=O) groups excluding carboxylic acids is 4. The molecule has 0 saturated carbocycles. The Morgan fingerprint density at radius 2 is 1.60 bits per heavy atom. The first kappa shape index (κ1) is 44.8. The van der Waals surface area contributed by atoms with Crippen LogP contribution in [0.15, 0.2) is 22.2 Å². The van der Waals surface area contributed by atoms with Gasteiger partial charge in [-0.1, -0.05) is 88.2 Å². The zero-order valence-corrected chi connectivity index (χ0v) is 33.6. The van der Waals surface area contributed by atoms with Crippen molar-refractivity contribution in [1.82, 2.24) is 26.2 Å². The van der Waals surface area contributed by atoms with Crippen LogP contribution < -0.4 is 32.1 Å². The van der Waals surface area contributed by atoms with Crippen molar-refractivity contribution in [3.63, 3.8) is 0 Å². The van der Waals surface area contributed by atoms with E-state index in [1.807, 2.05) is 69.2 Å². The minimum Gasteiger partial charge on any atom is -0.376 e. The topological polar surface area (TPSA) is 174 Å². The summed E-state index contributed by atoms with van der Waals surface area (Å²) in [6.45, 7) is 25.5. The fraction of sp³-hybridized carbons (Fsp3) is 0.750. The van der Waals surface area contributed by atoms with E-state index in [4.69, 9.17) is 0 Å². The Morgan fingerprint density at radius 1 is 0.962 bits per heavy atom. The molecule has 12 heteroatoms. The van der Waals surface area contributed by atoms with Crippen molar-refractivity contribution in [3.8, 4) is 0 Å². The number of nitrogens with zero attached hydrogens (tertiary/aromatic N) is 1. The van der Waals surface area contributed by atoms with Gasteiger partial charge in [-0.15, -0.1) is 6.58 Å². The number of likely N-dealkylation sites (tertiary alicyclic amines) is 1. The molecule has 0 aliphatic carbocycles. The molecule has 1 aromatic carbocycles. The molecule has 1 saturated heterocycles. The van der Waals surface area contributed by atoms with E-state index in [9.17, 15) is 33.9 Å². The number of hydrogen-bond acceptors (Lipinski definition) is 8. The van der Waals surface area contributed by atoms with Crippen LogP contribution in [0, 0.1) is 29.6 Å². The van der Waals surface area contributed by atoms with E-state index in [1.165, 1.54) is 6.08 Å². The molecule has 0 aromatic heterocycles. The zero-order chi connectivity index (χ0) is 39.7. The summed E-state index contributed by atoms with van der Waals surface area (Å²) in [4.78, 5) is 79.4. The molecular formula is C40H67N5O7. The largest absolute Gasteiger partial charge is 0.376 e. The third kappa shape index (κ3) is 11.3. The minimum absolute atomic E-state index is 0.000219. The second-order valence-corrected chi connectivity index (χ2v) is 17.1. The van der Waals surface area contributed by atoms with E-state index in [0.29, 0.717) is 43.4 Å². The number of Topliss-reactive ketones (excluding diaryl/α,β-unsaturated/α-hetero) is 1. The monoisotopic (exact) mass is 730 g/mol. The van der Waals surface area contributed by atoms with Crippen LogP contribution in [0.5, 0.6) is 0 Å². The van der Waals surface area contributed by atoms with Gasteiger partial charge in [0.25, 0.3) is 5.91 Å². The highest BCUT2D eigenvalue weighted by molar-refractivity contribution is 6.38. The van der Waals surface area contributed by atoms with Crippen molar-refractivity contribution in [3.05, 3.63) is 44.2 Å². The van der Waals surface area contributed by atoms with E-state index < -0.39 is 52.9 Å². The Bertz CT molecular complexity index is 1470. The summed E-state index contributed by atoms with van der Waals surface area (Å²) in [5, 5.41) is 23.2. The molecule has 1 aromatic rings. The molecule has 0 spiro atoms. The van der Waals surface area contributed by atoms with Crippen LogP contribution in [-0.2, 0) is 14.4 Å². The van der Waals surface area contributed by atoms with E-state index in [2.05, 4.69) is 27.8 Å². The average molecular weight is 730 g/mol. The predicted molar refractivity (Wildman–Crippen MR) is 206 cm³/mol. The smallest absolute Gasteiger partial charge is 0.315 e. The maximum atomic E-state index is 14.5. The molecule has 2 rings (SSSR count). The van der Waals surface area contributed by atoms with Gasteiger partial charge in [-0.05, 0) is 67.6 Å². The van der Waals surface area contributed by atoms with Crippen LogP contribution in [0.25, 0.3) is 0 Å². The Kier molecular flexibility index (Phi) is 16.4. The molecule has 52 heavy (non-hydrogen) atoms. The highest BCUT2D eigenvalue weighted by atomic mass is 16.3. The molecule has 4 amide bonds. The Labute approximate surface area is 311 Å². The number of ketones is 1. The van der Waals surface area contributed by atoms with E-state index in [0.717, 1.165) is 19.3 Å². The molecule has 7 atom stereocenters. The second kappa shape index (κ2) is 19.1. The van der Waals surface area contributed by atoms with E-state index in [-0.39, 0.29) is 47.1 Å². The van der Waals surface area contributed by atoms with E-state index >= 15 is 0 Å². The van der Waals surface area contributed by atoms with E-state index in [1.54, 1.807) is 11.8 Å². The summed E-state index contributed by atoms with van der Waals surface area (Å²) in [5.41, 5.74) is -0.583. The Hall–Kier alpha value is -3.38. The van der Waals surface area contributed by atoms with Gasteiger partial charge in [-0.2, -0.15) is 0 Å². The molecule has 5 N–H and O–H groups in total. The number of urea groups is 1. The fourth-order valence-corrected chi connectivity index (χ4v) is 7.52. The van der Waals surface area contributed by atoms with Gasteiger partial charge >= 0.3 is 6.03 Å². The molecule has 1 fully saturated rings. The molecule has 1 heterocycles. The first-order valence-electron chi connectivity index (χ1n) is 19.2. The highest BCUT2D eigenvalue weighted by Crippen LogP contribution is 2.35. The summed E-state index contributed by atoms with van der Waals surface area (Å²) >= 11 is 0. The zero-order valence-electron chi connectivity index (χ0n) is 33.6. The number of aliphatic hydroxyl groups excluding tert-OH is 1. The molecule has 0 bridgehead atoms. The van der Waals surface area contributed by atoms with Gasteiger partial charge in [0.1, 0.15) is 12.3 Å². The van der Waals surface area contributed by atoms with Crippen molar-refractivity contribution in [2.75, 3.05) is 13.1 Å². The number of rotatable bonds is 19. The number of nitrogens with one attached hydrogen (secondary N) is 4. The van der Waals surface area contributed by atoms with Gasteiger partial charge < -0.3 is 26.0 Å². The van der Waals surface area contributed by atoms with Crippen LogP contribution in [0.1, 0.15) is 131 Å². The van der Waals surface area contributed by atoms with Gasteiger partial charge in [0.05, 0.1) is 12.1 Å². The van der Waals surface area contributed by atoms with Gasteiger partial charge in [0.15, 0.2) is 0 Å². The van der Waals surface area contributed by atoms with Crippen molar-refractivity contribution in [1.29, 1.82) is 0 Å². The Balaban J connectivity index is 2.26.